The van der Waals surface area contributed by atoms with Crippen molar-refractivity contribution in [1.29, 1.82) is 0 Å². The number of rotatable bonds is 4. The summed E-state index contributed by atoms with van der Waals surface area (Å²) in [5.41, 5.74) is 2.11. The van der Waals surface area contributed by atoms with Crippen molar-refractivity contribution >= 4 is 17.5 Å². The number of hydrogen-bond donors (Lipinski definition) is 1. The van der Waals surface area contributed by atoms with Crippen LogP contribution in [0.25, 0.3) is 6.08 Å². The second-order valence-corrected chi connectivity index (χ2v) is 4.70. The number of carbonyl (C=O) groups is 1. The van der Waals surface area contributed by atoms with Gasteiger partial charge in [0.1, 0.15) is 5.75 Å². The number of nitrogens with zero attached hydrogens (tertiary/aromatic N) is 1. The highest BCUT2D eigenvalue weighted by atomic mass is 16.3. The first-order chi connectivity index (χ1) is 9.58. The maximum absolute atomic E-state index is 12.1. The van der Waals surface area contributed by atoms with E-state index in [9.17, 15) is 9.90 Å². The lowest BCUT2D eigenvalue weighted by Crippen LogP contribution is -2.08. The first-order valence-electron chi connectivity index (χ1n) is 6.36. The van der Waals surface area contributed by atoms with Crippen molar-refractivity contribution in [3.05, 3.63) is 65.7 Å². The molecule has 0 aromatic heterocycles. The molecule has 0 spiro atoms. The van der Waals surface area contributed by atoms with Gasteiger partial charge in [-0.15, -0.1) is 0 Å². The summed E-state index contributed by atoms with van der Waals surface area (Å²) in [6.07, 6.45) is 3.21. The van der Waals surface area contributed by atoms with Gasteiger partial charge in [0.2, 0.25) is 0 Å². The molecule has 0 aliphatic carbocycles. The maximum Gasteiger partial charge on any atom is 0.189 e. The Balaban J connectivity index is 2.20. The second-order valence-electron chi connectivity index (χ2n) is 4.70. The Hall–Kier alpha value is -2.55. The first kappa shape index (κ1) is 13.9. The molecule has 0 atom stereocenters. The summed E-state index contributed by atoms with van der Waals surface area (Å²) >= 11 is 0. The molecule has 0 saturated heterocycles. The average Bonchev–Trinajstić information content (AvgIpc) is 2.45. The first-order valence-corrected chi connectivity index (χ1v) is 6.36. The highest BCUT2D eigenvalue weighted by molar-refractivity contribution is 6.08. The minimum absolute atomic E-state index is 0.00101. The fourth-order valence-corrected chi connectivity index (χ4v) is 1.83. The number of ketones is 1. The molecule has 0 radical (unpaired) electrons. The molecule has 0 aliphatic heterocycles. The smallest absolute Gasteiger partial charge is 0.189 e. The third-order valence-corrected chi connectivity index (χ3v) is 2.99. The highest BCUT2D eigenvalue weighted by Gasteiger charge is 2.09. The molecule has 0 unspecified atom stereocenters. The van der Waals surface area contributed by atoms with Crippen LogP contribution in [0.5, 0.6) is 5.75 Å². The fourth-order valence-electron chi connectivity index (χ4n) is 1.83. The van der Waals surface area contributed by atoms with Gasteiger partial charge >= 0.3 is 0 Å². The van der Waals surface area contributed by atoms with Gasteiger partial charge in [0.15, 0.2) is 5.78 Å². The Bertz CT molecular complexity index is 631. The van der Waals surface area contributed by atoms with Crippen LogP contribution in [0.2, 0.25) is 0 Å². The van der Waals surface area contributed by atoms with E-state index in [2.05, 4.69) is 0 Å². The summed E-state index contributed by atoms with van der Waals surface area (Å²) < 4.78 is 0. The molecule has 1 N–H and O–H groups in total. The summed E-state index contributed by atoms with van der Waals surface area (Å²) in [6.45, 7) is 0. The van der Waals surface area contributed by atoms with Gasteiger partial charge in [-0.3, -0.25) is 4.79 Å². The maximum atomic E-state index is 12.1. The lowest BCUT2D eigenvalue weighted by molar-refractivity contribution is 0.104. The molecule has 3 heteroatoms. The predicted molar refractivity (Wildman–Crippen MR) is 82.2 cm³/mol. The molecule has 3 nitrogen and oxygen atoms in total. The number of hydrogen-bond acceptors (Lipinski definition) is 3. The Morgan fingerprint density at radius 3 is 2.40 bits per heavy atom. The molecule has 2 rings (SSSR count). The van der Waals surface area contributed by atoms with Gasteiger partial charge in [-0.1, -0.05) is 36.4 Å². The van der Waals surface area contributed by atoms with Crippen molar-refractivity contribution in [1.82, 2.24) is 0 Å². The van der Waals surface area contributed by atoms with E-state index in [0.29, 0.717) is 5.56 Å². The summed E-state index contributed by atoms with van der Waals surface area (Å²) in [6, 6.07) is 14.6. The lowest BCUT2D eigenvalue weighted by Gasteiger charge is -2.13. The molecule has 102 valence electrons. The van der Waals surface area contributed by atoms with Crippen molar-refractivity contribution in [3.8, 4) is 5.75 Å². The third kappa shape index (κ3) is 3.26. The Kier molecular flexibility index (Phi) is 4.20. The molecule has 0 heterocycles. The zero-order valence-electron chi connectivity index (χ0n) is 11.6. The van der Waals surface area contributed by atoms with E-state index in [1.165, 1.54) is 6.08 Å². The van der Waals surface area contributed by atoms with Gasteiger partial charge in [0.25, 0.3) is 0 Å². The quantitative estimate of drug-likeness (QED) is 0.682. The van der Waals surface area contributed by atoms with Gasteiger partial charge in [0.05, 0.1) is 5.56 Å². The SMILES string of the molecule is CN(C)c1ccc(C(=O)C=Cc2ccccc2)c(O)c1. The summed E-state index contributed by atoms with van der Waals surface area (Å²) in [5.74, 6) is -0.212. The molecular weight excluding hydrogens is 250 g/mol. The van der Waals surface area contributed by atoms with Crippen molar-refractivity contribution in [3.63, 3.8) is 0 Å². The fraction of sp³-hybridized carbons (Fsp3) is 0.118. The van der Waals surface area contributed by atoms with E-state index in [4.69, 9.17) is 0 Å². The molecule has 20 heavy (non-hydrogen) atoms. The molecular formula is C17H17NO2. The largest absolute Gasteiger partial charge is 0.507 e. The van der Waals surface area contributed by atoms with Crippen LogP contribution in [-0.4, -0.2) is 25.0 Å². The van der Waals surface area contributed by atoms with Crippen LogP contribution in [0, 0.1) is 0 Å². The predicted octanol–water partition coefficient (Wildman–Crippen LogP) is 3.35. The molecule has 2 aromatic rings. The van der Waals surface area contributed by atoms with Crippen molar-refractivity contribution in [2.45, 2.75) is 0 Å². The van der Waals surface area contributed by atoms with Gasteiger partial charge in [-0.05, 0) is 23.8 Å². The van der Waals surface area contributed by atoms with Gasteiger partial charge in [-0.25, -0.2) is 0 Å². The van der Waals surface area contributed by atoms with Gasteiger partial charge in [0, 0.05) is 25.8 Å². The normalized spacial score (nSPS) is 10.7. The second kappa shape index (κ2) is 6.06. The molecule has 0 amide bonds. The number of anilines is 1. The van der Waals surface area contributed by atoms with E-state index in [1.807, 2.05) is 55.4 Å². The number of phenols is 1. The Morgan fingerprint density at radius 1 is 1.10 bits per heavy atom. The topological polar surface area (TPSA) is 40.5 Å². The van der Waals surface area contributed by atoms with Crippen LogP contribution >= 0.6 is 0 Å². The third-order valence-electron chi connectivity index (χ3n) is 2.99. The van der Waals surface area contributed by atoms with Crippen molar-refractivity contribution in [2.75, 3.05) is 19.0 Å². The minimum atomic E-state index is -0.211. The van der Waals surface area contributed by atoms with E-state index in [1.54, 1.807) is 18.2 Å². The standard InChI is InChI=1S/C17H17NO2/c1-18(2)14-9-10-15(17(20)12-14)16(19)11-8-13-6-4-3-5-7-13/h3-12,20H,1-2H3. The molecule has 0 saturated carbocycles. The van der Waals surface area contributed by atoms with Crippen LogP contribution < -0.4 is 4.90 Å². The van der Waals surface area contributed by atoms with Crippen molar-refractivity contribution in [2.24, 2.45) is 0 Å². The number of carbonyl (C=O) groups excluding carboxylic acids is 1. The Labute approximate surface area is 118 Å². The highest BCUT2D eigenvalue weighted by Crippen LogP contribution is 2.24. The van der Waals surface area contributed by atoms with Crippen LogP contribution in [-0.2, 0) is 0 Å². The monoisotopic (exact) mass is 267 g/mol. The van der Waals surface area contributed by atoms with Crippen LogP contribution in [0.3, 0.4) is 0 Å². The average molecular weight is 267 g/mol. The summed E-state index contributed by atoms with van der Waals surface area (Å²) in [4.78, 5) is 13.9. The molecule has 0 aliphatic rings. The van der Waals surface area contributed by atoms with E-state index >= 15 is 0 Å². The van der Waals surface area contributed by atoms with Crippen molar-refractivity contribution < 1.29 is 9.90 Å². The number of allylic oxidation sites excluding steroid dienone is 1. The minimum Gasteiger partial charge on any atom is -0.507 e. The lowest BCUT2D eigenvalue weighted by atomic mass is 10.1. The number of aromatic hydroxyl groups is 1. The zero-order chi connectivity index (χ0) is 14.5. The van der Waals surface area contributed by atoms with E-state index in [0.717, 1.165) is 11.3 Å². The summed E-state index contributed by atoms with van der Waals surface area (Å²) in [5, 5.41) is 9.93. The number of phenolic OH excluding ortho intramolecular Hbond substituents is 1. The van der Waals surface area contributed by atoms with Crippen LogP contribution in [0.15, 0.2) is 54.6 Å². The Morgan fingerprint density at radius 2 is 1.80 bits per heavy atom. The van der Waals surface area contributed by atoms with Gasteiger partial charge < -0.3 is 10.0 Å². The van der Waals surface area contributed by atoms with Gasteiger partial charge in [-0.2, -0.15) is 0 Å². The zero-order valence-corrected chi connectivity index (χ0v) is 11.6. The van der Waals surface area contributed by atoms with E-state index in [-0.39, 0.29) is 11.5 Å². The molecule has 0 fully saturated rings. The number of benzene rings is 2. The van der Waals surface area contributed by atoms with Crippen LogP contribution in [0.1, 0.15) is 15.9 Å². The van der Waals surface area contributed by atoms with E-state index < -0.39 is 0 Å². The molecule has 0 bridgehead atoms. The van der Waals surface area contributed by atoms with Crippen LogP contribution in [0.4, 0.5) is 5.69 Å². The molecule has 2 aromatic carbocycles. The summed E-state index contributed by atoms with van der Waals surface area (Å²) in [7, 11) is 3.76.